The summed E-state index contributed by atoms with van der Waals surface area (Å²) in [7, 11) is 1.62. The van der Waals surface area contributed by atoms with Gasteiger partial charge in [-0.15, -0.1) is 0 Å². The molecule has 0 heterocycles. The minimum absolute atomic E-state index is 0.625. The summed E-state index contributed by atoms with van der Waals surface area (Å²) in [5.41, 5.74) is 3.61. The van der Waals surface area contributed by atoms with E-state index in [1.165, 1.54) is 11.1 Å². The summed E-state index contributed by atoms with van der Waals surface area (Å²) in [6, 6.07) is 14.3. The lowest BCUT2D eigenvalue weighted by Gasteiger charge is -2.09. The van der Waals surface area contributed by atoms with Crippen molar-refractivity contribution in [1.82, 2.24) is 0 Å². The van der Waals surface area contributed by atoms with Crippen molar-refractivity contribution in [1.29, 1.82) is 0 Å². The number of hydrogen-bond acceptors (Lipinski definition) is 2. The van der Waals surface area contributed by atoms with Gasteiger partial charge >= 0.3 is 0 Å². The first-order valence-electron chi connectivity index (χ1n) is 6.38. The lowest BCUT2D eigenvalue weighted by Crippen LogP contribution is -1.99. The van der Waals surface area contributed by atoms with E-state index >= 15 is 0 Å². The maximum absolute atomic E-state index is 5.99. The van der Waals surface area contributed by atoms with Crippen LogP contribution >= 0.6 is 11.6 Å². The molecule has 0 saturated carbocycles. The van der Waals surface area contributed by atoms with Crippen LogP contribution in [0.5, 0.6) is 5.75 Å². The Hall–Kier alpha value is -1.67. The summed E-state index contributed by atoms with van der Waals surface area (Å²) in [4.78, 5) is 0. The second kappa shape index (κ2) is 6.48. The van der Waals surface area contributed by atoms with E-state index in [9.17, 15) is 0 Å². The van der Waals surface area contributed by atoms with Gasteiger partial charge in [-0.25, -0.2) is 0 Å². The van der Waals surface area contributed by atoms with Gasteiger partial charge in [0, 0.05) is 18.3 Å². The summed E-state index contributed by atoms with van der Waals surface area (Å²) in [5.74, 6) is 0.688. The zero-order valence-electron chi connectivity index (χ0n) is 11.2. The molecule has 1 N–H and O–H groups in total. The Bertz CT molecular complexity index is 537. The van der Waals surface area contributed by atoms with Crippen LogP contribution in [0.4, 0.5) is 5.69 Å². The van der Waals surface area contributed by atoms with Gasteiger partial charge < -0.3 is 10.1 Å². The first kappa shape index (κ1) is 13.8. The lowest BCUT2D eigenvalue weighted by atomic mass is 10.1. The average Bonchev–Trinajstić information content (AvgIpc) is 2.47. The van der Waals surface area contributed by atoms with Gasteiger partial charge in [-0.05, 0) is 29.7 Å². The van der Waals surface area contributed by atoms with Crippen LogP contribution in [0.25, 0.3) is 0 Å². The monoisotopic (exact) mass is 275 g/mol. The number of halogens is 1. The third-order valence-corrected chi connectivity index (χ3v) is 3.39. The van der Waals surface area contributed by atoms with Crippen LogP contribution in [0.2, 0.25) is 5.02 Å². The average molecular weight is 276 g/mol. The molecule has 100 valence electrons. The third-order valence-electron chi connectivity index (χ3n) is 3.08. The molecule has 2 nitrogen and oxygen atoms in total. The van der Waals surface area contributed by atoms with Crippen LogP contribution in [0.3, 0.4) is 0 Å². The van der Waals surface area contributed by atoms with Crippen molar-refractivity contribution in [2.75, 3.05) is 12.4 Å². The largest absolute Gasteiger partial charge is 0.495 e. The van der Waals surface area contributed by atoms with Crippen LogP contribution in [-0.4, -0.2) is 7.11 Å². The third kappa shape index (κ3) is 3.65. The fourth-order valence-electron chi connectivity index (χ4n) is 1.87. The summed E-state index contributed by atoms with van der Waals surface area (Å²) >= 11 is 5.99. The SMILES string of the molecule is CCc1ccc(CNc2ccc(Cl)c(OC)c2)cc1. The number of ether oxygens (including phenoxy) is 1. The summed E-state index contributed by atoms with van der Waals surface area (Å²) in [6.45, 7) is 2.95. The standard InChI is InChI=1S/C16H18ClNO/c1-3-12-4-6-13(7-5-12)11-18-14-8-9-15(17)16(10-14)19-2/h4-10,18H,3,11H2,1-2H3. The number of rotatable bonds is 5. The minimum atomic E-state index is 0.625. The predicted molar refractivity (Wildman–Crippen MR) is 81.2 cm³/mol. The molecule has 19 heavy (non-hydrogen) atoms. The Morgan fingerprint density at radius 3 is 2.37 bits per heavy atom. The van der Waals surface area contributed by atoms with E-state index in [2.05, 4.69) is 36.5 Å². The highest BCUT2D eigenvalue weighted by atomic mass is 35.5. The highest BCUT2D eigenvalue weighted by Gasteiger charge is 2.01. The fourth-order valence-corrected chi connectivity index (χ4v) is 2.06. The molecular weight excluding hydrogens is 258 g/mol. The Morgan fingerprint density at radius 2 is 1.74 bits per heavy atom. The number of anilines is 1. The molecule has 0 amide bonds. The fraction of sp³-hybridized carbons (Fsp3) is 0.250. The van der Waals surface area contributed by atoms with Gasteiger partial charge in [0.2, 0.25) is 0 Å². The Kier molecular flexibility index (Phi) is 4.69. The lowest BCUT2D eigenvalue weighted by molar-refractivity contribution is 0.415. The minimum Gasteiger partial charge on any atom is -0.495 e. The van der Waals surface area contributed by atoms with Gasteiger partial charge in [-0.2, -0.15) is 0 Å². The number of benzene rings is 2. The van der Waals surface area contributed by atoms with Gasteiger partial charge in [0.25, 0.3) is 0 Å². The molecule has 0 spiro atoms. The maximum atomic E-state index is 5.99. The van der Waals surface area contributed by atoms with Crippen LogP contribution in [0, 0.1) is 0 Å². The quantitative estimate of drug-likeness (QED) is 0.866. The second-order valence-corrected chi connectivity index (χ2v) is 4.78. The van der Waals surface area contributed by atoms with Crippen molar-refractivity contribution >= 4 is 17.3 Å². The summed E-state index contributed by atoms with van der Waals surface area (Å²) in [6.07, 6.45) is 1.07. The summed E-state index contributed by atoms with van der Waals surface area (Å²) in [5, 5.41) is 3.99. The van der Waals surface area contributed by atoms with Crippen LogP contribution in [0.1, 0.15) is 18.1 Å². The van der Waals surface area contributed by atoms with Crippen LogP contribution in [-0.2, 0) is 13.0 Å². The van der Waals surface area contributed by atoms with E-state index < -0.39 is 0 Å². The van der Waals surface area contributed by atoms with Crippen LogP contribution < -0.4 is 10.1 Å². The molecule has 0 radical (unpaired) electrons. The molecule has 0 aliphatic rings. The number of methoxy groups -OCH3 is 1. The van der Waals surface area contributed by atoms with E-state index in [-0.39, 0.29) is 0 Å². The molecule has 2 rings (SSSR count). The number of hydrogen-bond donors (Lipinski definition) is 1. The molecule has 2 aromatic rings. The highest BCUT2D eigenvalue weighted by molar-refractivity contribution is 6.32. The molecule has 0 saturated heterocycles. The molecule has 2 aromatic carbocycles. The topological polar surface area (TPSA) is 21.3 Å². The smallest absolute Gasteiger partial charge is 0.139 e. The number of nitrogens with one attached hydrogen (secondary N) is 1. The molecule has 0 fully saturated rings. The zero-order chi connectivity index (χ0) is 13.7. The predicted octanol–water partition coefficient (Wildman–Crippen LogP) is 4.52. The van der Waals surface area contributed by atoms with E-state index in [1.807, 2.05) is 18.2 Å². The van der Waals surface area contributed by atoms with Crippen molar-refractivity contribution in [2.24, 2.45) is 0 Å². The van der Waals surface area contributed by atoms with Gasteiger partial charge in [0.15, 0.2) is 0 Å². The Morgan fingerprint density at radius 1 is 1.05 bits per heavy atom. The van der Waals surface area contributed by atoms with Crippen molar-refractivity contribution in [3.8, 4) is 5.75 Å². The van der Waals surface area contributed by atoms with Crippen molar-refractivity contribution in [3.63, 3.8) is 0 Å². The molecule has 0 aromatic heterocycles. The molecule has 0 bridgehead atoms. The second-order valence-electron chi connectivity index (χ2n) is 4.37. The van der Waals surface area contributed by atoms with E-state index in [1.54, 1.807) is 7.11 Å². The Labute approximate surface area is 119 Å². The highest BCUT2D eigenvalue weighted by Crippen LogP contribution is 2.27. The first-order valence-corrected chi connectivity index (χ1v) is 6.76. The van der Waals surface area contributed by atoms with E-state index in [4.69, 9.17) is 16.3 Å². The molecule has 0 unspecified atom stereocenters. The van der Waals surface area contributed by atoms with Gasteiger partial charge in [0.1, 0.15) is 5.75 Å². The van der Waals surface area contributed by atoms with E-state index in [0.29, 0.717) is 10.8 Å². The molecule has 0 aliphatic carbocycles. The van der Waals surface area contributed by atoms with E-state index in [0.717, 1.165) is 18.7 Å². The maximum Gasteiger partial charge on any atom is 0.139 e. The normalized spacial score (nSPS) is 10.3. The Balaban J connectivity index is 2.01. The summed E-state index contributed by atoms with van der Waals surface area (Å²) < 4.78 is 5.20. The molecular formula is C16H18ClNO. The zero-order valence-corrected chi connectivity index (χ0v) is 12.0. The van der Waals surface area contributed by atoms with Crippen LogP contribution in [0.15, 0.2) is 42.5 Å². The molecule has 0 aliphatic heterocycles. The van der Waals surface area contributed by atoms with Crippen molar-refractivity contribution < 1.29 is 4.74 Å². The molecule has 3 heteroatoms. The first-order chi connectivity index (χ1) is 9.22. The van der Waals surface area contributed by atoms with Crippen molar-refractivity contribution in [2.45, 2.75) is 19.9 Å². The van der Waals surface area contributed by atoms with Gasteiger partial charge in [0.05, 0.1) is 12.1 Å². The van der Waals surface area contributed by atoms with Crippen molar-refractivity contribution in [3.05, 3.63) is 58.6 Å². The van der Waals surface area contributed by atoms with Gasteiger partial charge in [-0.1, -0.05) is 42.8 Å². The molecule has 0 atom stereocenters. The number of aryl methyl sites for hydroxylation is 1. The van der Waals surface area contributed by atoms with Gasteiger partial charge in [-0.3, -0.25) is 0 Å².